The lowest BCUT2D eigenvalue weighted by Gasteiger charge is -2.25. The number of ether oxygens (including phenoxy) is 1. The molecule has 3 aliphatic rings. The van der Waals surface area contributed by atoms with Crippen molar-refractivity contribution in [1.82, 2.24) is 19.9 Å². The van der Waals surface area contributed by atoms with Crippen LogP contribution in [0.1, 0.15) is 55.8 Å². The molecule has 0 bridgehead atoms. The molecule has 0 aromatic carbocycles. The van der Waals surface area contributed by atoms with E-state index in [1.807, 2.05) is 4.90 Å². The van der Waals surface area contributed by atoms with Crippen LogP contribution in [0.5, 0.6) is 0 Å². The van der Waals surface area contributed by atoms with E-state index in [0.717, 1.165) is 25.7 Å². The molecule has 2 atom stereocenters. The highest BCUT2D eigenvalue weighted by atomic mass is 16.5. The first-order valence-electron chi connectivity index (χ1n) is 9.08. The molecule has 3 heterocycles. The van der Waals surface area contributed by atoms with Crippen LogP contribution in [-0.4, -0.2) is 65.1 Å². The third kappa shape index (κ3) is 3.27. The second-order valence-corrected chi connectivity index (χ2v) is 7.19. The summed E-state index contributed by atoms with van der Waals surface area (Å²) in [5.74, 6) is 1.52. The molecule has 0 unspecified atom stereocenters. The van der Waals surface area contributed by atoms with Crippen LogP contribution in [0.3, 0.4) is 0 Å². The minimum Gasteiger partial charge on any atom is -0.383 e. The van der Waals surface area contributed by atoms with Crippen LogP contribution in [0, 0.1) is 5.92 Å². The maximum absolute atomic E-state index is 13.0. The summed E-state index contributed by atoms with van der Waals surface area (Å²) < 4.78 is 10.4. The molecule has 0 N–H and O–H groups in total. The summed E-state index contributed by atoms with van der Waals surface area (Å²) in [6, 6.07) is -0.119. The van der Waals surface area contributed by atoms with Gasteiger partial charge in [-0.25, -0.2) is 0 Å². The van der Waals surface area contributed by atoms with Crippen LogP contribution in [0.2, 0.25) is 0 Å². The summed E-state index contributed by atoms with van der Waals surface area (Å²) >= 11 is 0. The lowest BCUT2D eigenvalue weighted by Crippen LogP contribution is -2.37. The van der Waals surface area contributed by atoms with Crippen molar-refractivity contribution in [3.63, 3.8) is 0 Å². The van der Waals surface area contributed by atoms with Gasteiger partial charge in [-0.05, 0) is 25.7 Å². The van der Waals surface area contributed by atoms with E-state index in [1.54, 1.807) is 12.0 Å². The molecule has 2 amide bonds. The number of amides is 2. The number of rotatable bonds is 6. The molecule has 1 saturated carbocycles. The minimum atomic E-state index is -0.278. The van der Waals surface area contributed by atoms with Crippen molar-refractivity contribution in [2.45, 2.75) is 44.1 Å². The minimum absolute atomic E-state index is 0.0294. The number of carbonyl (C=O) groups is 2. The SMILES string of the molecule is COCCN1C[C@@H](C(=O)N2CCC[C@@H]2c2noc(C3CC3)n2)CC1=O. The Morgan fingerprint density at radius 2 is 2.20 bits per heavy atom. The van der Waals surface area contributed by atoms with Gasteiger partial charge in [-0.2, -0.15) is 4.98 Å². The van der Waals surface area contributed by atoms with E-state index in [9.17, 15) is 9.59 Å². The van der Waals surface area contributed by atoms with Gasteiger partial charge in [-0.15, -0.1) is 0 Å². The average Bonchev–Trinajstić information content (AvgIpc) is 3.02. The zero-order valence-corrected chi connectivity index (χ0v) is 14.5. The summed E-state index contributed by atoms with van der Waals surface area (Å²) in [4.78, 5) is 33.2. The maximum Gasteiger partial charge on any atom is 0.229 e. The molecule has 8 heteroatoms. The van der Waals surface area contributed by atoms with Gasteiger partial charge >= 0.3 is 0 Å². The number of nitrogens with zero attached hydrogens (tertiary/aromatic N) is 4. The molecule has 2 saturated heterocycles. The van der Waals surface area contributed by atoms with Crippen LogP contribution >= 0.6 is 0 Å². The Labute approximate surface area is 146 Å². The summed E-state index contributed by atoms with van der Waals surface area (Å²) in [5, 5.41) is 4.12. The highest BCUT2D eigenvalue weighted by Gasteiger charge is 2.41. The highest BCUT2D eigenvalue weighted by Crippen LogP contribution is 2.40. The van der Waals surface area contributed by atoms with Gasteiger partial charge in [0.25, 0.3) is 0 Å². The van der Waals surface area contributed by atoms with Crippen molar-refractivity contribution >= 4 is 11.8 Å². The third-order valence-electron chi connectivity index (χ3n) is 5.35. The molecular formula is C17H24N4O4. The maximum atomic E-state index is 13.0. The fourth-order valence-corrected chi connectivity index (χ4v) is 3.77. The van der Waals surface area contributed by atoms with Crippen LogP contribution in [0.25, 0.3) is 0 Å². The molecule has 3 fully saturated rings. The first-order valence-corrected chi connectivity index (χ1v) is 9.08. The van der Waals surface area contributed by atoms with E-state index in [1.165, 1.54) is 0 Å². The second kappa shape index (κ2) is 6.74. The molecule has 4 rings (SSSR count). The molecule has 25 heavy (non-hydrogen) atoms. The lowest BCUT2D eigenvalue weighted by atomic mass is 10.1. The molecular weight excluding hydrogens is 324 g/mol. The molecule has 1 aliphatic carbocycles. The summed E-state index contributed by atoms with van der Waals surface area (Å²) in [5.41, 5.74) is 0. The van der Waals surface area contributed by atoms with Gasteiger partial charge in [0.1, 0.15) is 0 Å². The largest absolute Gasteiger partial charge is 0.383 e. The van der Waals surface area contributed by atoms with Gasteiger partial charge in [0, 0.05) is 39.1 Å². The molecule has 1 aromatic rings. The van der Waals surface area contributed by atoms with Crippen molar-refractivity contribution in [3.8, 4) is 0 Å². The van der Waals surface area contributed by atoms with E-state index in [-0.39, 0.29) is 30.2 Å². The Morgan fingerprint density at radius 1 is 1.36 bits per heavy atom. The third-order valence-corrected chi connectivity index (χ3v) is 5.35. The standard InChI is InChI=1S/C17H24N4O4/c1-24-8-7-20-10-12(9-14(20)22)17(23)21-6-2-3-13(21)15-18-16(25-19-15)11-4-5-11/h11-13H,2-10H2,1H3/t12-,13+/m0/s1. The van der Waals surface area contributed by atoms with Crippen LogP contribution < -0.4 is 0 Å². The summed E-state index contributed by atoms with van der Waals surface area (Å²) in [6.07, 6.45) is 4.28. The molecule has 1 aromatic heterocycles. The average molecular weight is 348 g/mol. The quantitative estimate of drug-likeness (QED) is 0.765. The number of hydrogen-bond acceptors (Lipinski definition) is 6. The predicted octanol–water partition coefficient (Wildman–Crippen LogP) is 1.11. The van der Waals surface area contributed by atoms with Crippen molar-refractivity contribution in [2.24, 2.45) is 5.92 Å². The van der Waals surface area contributed by atoms with E-state index in [4.69, 9.17) is 9.26 Å². The van der Waals surface area contributed by atoms with E-state index in [0.29, 0.717) is 43.9 Å². The summed E-state index contributed by atoms with van der Waals surface area (Å²) in [7, 11) is 1.61. The topological polar surface area (TPSA) is 88.8 Å². The smallest absolute Gasteiger partial charge is 0.229 e. The molecule has 0 spiro atoms. The normalized spacial score (nSPS) is 26.7. The van der Waals surface area contributed by atoms with E-state index < -0.39 is 0 Å². The number of likely N-dealkylation sites (tertiary alicyclic amines) is 2. The Bertz CT molecular complexity index is 657. The zero-order chi connectivity index (χ0) is 17.4. The number of methoxy groups -OCH3 is 1. The monoisotopic (exact) mass is 348 g/mol. The Kier molecular flexibility index (Phi) is 4.45. The fraction of sp³-hybridized carbons (Fsp3) is 0.765. The molecule has 0 radical (unpaired) electrons. The van der Waals surface area contributed by atoms with Crippen molar-refractivity contribution in [3.05, 3.63) is 11.7 Å². The number of carbonyl (C=O) groups excluding carboxylic acids is 2. The lowest BCUT2D eigenvalue weighted by molar-refractivity contribution is -0.136. The van der Waals surface area contributed by atoms with Gasteiger partial charge in [-0.3, -0.25) is 9.59 Å². The van der Waals surface area contributed by atoms with Crippen molar-refractivity contribution in [2.75, 3.05) is 33.4 Å². The fourth-order valence-electron chi connectivity index (χ4n) is 3.77. The van der Waals surface area contributed by atoms with Crippen LogP contribution in [0.15, 0.2) is 4.52 Å². The van der Waals surface area contributed by atoms with Crippen LogP contribution in [-0.2, 0) is 14.3 Å². The van der Waals surface area contributed by atoms with E-state index in [2.05, 4.69) is 10.1 Å². The number of aromatic nitrogens is 2. The highest BCUT2D eigenvalue weighted by molar-refractivity contribution is 5.89. The van der Waals surface area contributed by atoms with Gasteiger partial charge in [0.15, 0.2) is 5.82 Å². The van der Waals surface area contributed by atoms with Gasteiger partial charge < -0.3 is 19.1 Å². The van der Waals surface area contributed by atoms with Gasteiger partial charge in [0.05, 0.1) is 18.6 Å². The van der Waals surface area contributed by atoms with Crippen molar-refractivity contribution < 1.29 is 18.8 Å². The first-order chi connectivity index (χ1) is 12.2. The molecule has 136 valence electrons. The number of hydrogen-bond donors (Lipinski definition) is 0. The first kappa shape index (κ1) is 16.5. The molecule has 2 aliphatic heterocycles. The zero-order valence-electron chi connectivity index (χ0n) is 14.5. The Balaban J connectivity index is 1.42. The molecule has 8 nitrogen and oxygen atoms in total. The Morgan fingerprint density at radius 3 is 2.96 bits per heavy atom. The summed E-state index contributed by atoms with van der Waals surface area (Å²) in [6.45, 7) is 2.20. The van der Waals surface area contributed by atoms with Crippen molar-refractivity contribution in [1.29, 1.82) is 0 Å². The second-order valence-electron chi connectivity index (χ2n) is 7.19. The van der Waals surface area contributed by atoms with Gasteiger partial charge in [-0.1, -0.05) is 5.16 Å². The van der Waals surface area contributed by atoms with E-state index >= 15 is 0 Å². The van der Waals surface area contributed by atoms with Crippen LogP contribution in [0.4, 0.5) is 0 Å². The predicted molar refractivity (Wildman–Crippen MR) is 86.5 cm³/mol. The van der Waals surface area contributed by atoms with Gasteiger partial charge in [0.2, 0.25) is 17.7 Å². The Hall–Kier alpha value is -1.96.